The van der Waals surface area contributed by atoms with Crippen molar-refractivity contribution in [3.63, 3.8) is 0 Å². The summed E-state index contributed by atoms with van der Waals surface area (Å²) in [7, 11) is 0. The Bertz CT molecular complexity index is 1700. The third-order valence-corrected chi connectivity index (χ3v) is 9.97. The average molecular weight is 607 g/mol. The Morgan fingerprint density at radius 1 is 1.07 bits per heavy atom. The molecule has 5 heterocycles. The van der Waals surface area contributed by atoms with Crippen molar-refractivity contribution in [1.82, 2.24) is 29.7 Å². The summed E-state index contributed by atoms with van der Waals surface area (Å²) in [6.45, 7) is 7.67. The van der Waals surface area contributed by atoms with Crippen molar-refractivity contribution in [3.8, 4) is 28.3 Å². The van der Waals surface area contributed by atoms with E-state index in [1.807, 2.05) is 38.5 Å². The summed E-state index contributed by atoms with van der Waals surface area (Å²) in [4.78, 5) is 31.0. The number of fused-ring (bicyclic) bond motifs is 1. The van der Waals surface area contributed by atoms with E-state index in [0.717, 1.165) is 97.9 Å². The normalized spacial score (nSPS) is 19.8. The number of rotatable bonds is 9. The molecule has 6 rings (SSSR count). The molecule has 1 aliphatic heterocycles. The molecule has 1 saturated heterocycles. The highest BCUT2D eigenvalue weighted by atomic mass is 16.2. The van der Waals surface area contributed by atoms with Gasteiger partial charge in [-0.25, -0.2) is 9.50 Å². The molecule has 1 saturated carbocycles. The van der Waals surface area contributed by atoms with Gasteiger partial charge in [-0.2, -0.15) is 15.5 Å². The Labute approximate surface area is 264 Å². The molecule has 10 nitrogen and oxygen atoms in total. The van der Waals surface area contributed by atoms with Gasteiger partial charge < -0.3 is 15.0 Å². The zero-order valence-corrected chi connectivity index (χ0v) is 26.4. The van der Waals surface area contributed by atoms with Gasteiger partial charge >= 0.3 is 0 Å². The summed E-state index contributed by atoms with van der Waals surface area (Å²) >= 11 is 0. The van der Waals surface area contributed by atoms with Gasteiger partial charge in [0.25, 0.3) is 0 Å². The molecule has 4 aromatic rings. The quantitative estimate of drug-likeness (QED) is 0.233. The first-order valence-electron chi connectivity index (χ1n) is 16.3. The molecular weight excluding hydrogens is 564 g/mol. The van der Waals surface area contributed by atoms with Crippen LogP contribution in [0.15, 0.2) is 49.2 Å². The van der Waals surface area contributed by atoms with Crippen LogP contribution in [0.25, 0.3) is 27.8 Å². The van der Waals surface area contributed by atoms with E-state index in [9.17, 15) is 14.9 Å². The van der Waals surface area contributed by atoms with E-state index >= 15 is 0 Å². The van der Waals surface area contributed by atoms with Gasteiger partial charge in [-0.05, 0) is 82.9 Å². The molecule has 2 fully saturated rings. The zero-order chi connectivity index (χ0) is 31.6. The molecule has 45 heavy (non-hydrogen) atoms. The first kappa shape index (κ1) is 30.5. The fourth-order valence-electron chi connectivity index (χ4n) is 7.10. The lowest BCUT2D eigenvalue weighted by molar-refractivity contribution is -0.133. The summed E-state index contributed by atoms with van der Waals surface area (Å²) in [5.74, 6) is 1.54. The maximum Gasteiger partial charge on any atom is 0.226 e. The fourth-order valence-corrected chi connectivity index (χ4v) is 7.10. The third kappa shape index (κ3) is 6.08. The number of hydrogen-bond donors (Lipinski definition) is 1. The van der Waals surface area contributed by atoms with Crippen molar-refractivity contribution in [2.75, 3.05) is 18.0 Å². The molecule has 234 valence electrons. The van der Waals surface area contributed by atoms with Crippen LogP contribution < -0.4 is 10.2 Å². The van der Waals surface area contributed by atoms with E-state index in [4.69, 9.17) is 10.1 Å². The molecular formula is C35H42N8O2. The van der Waals surface area contributed by atoms with Crippen LogP contribution in [0.5, 0.6) is 0 Å². The number of hydrogen-bond acceptors (Lipinski definition) is 7. The van der Waals surface area contributed by atoms with Crippen LogP contribution in [0.3, 0.4) is 0 Å². The number of nitriles is 1. The van der Waals surface area contributed by atoms with Gasteiger partial charge in [0.15, 0.2) is 0 Å². The standard InChI is InChI=1S/C35H42N8O2/c1-4-35(34(45)40-24(2)3)12-14-41(15-13-35)32-10-7-26(19-37-32)31-17-27(22-43-33(31)28(18-36)20-39-43)29-21-38-42(23-29)30-8-5-25(6-9-30)11-16-44/h7,10,16-17,19-25,30H,4-6,8-9,11-15H2,1-3H3,(H,40,45)/t25-,30-. The number of pyridine rings is 2. The summed E-state index contributed by atoms with van der Waals surface area (Å²) in [5, 5.41) is 22.2. The first-order valence-corrected chi connectivity index (χ1v) is 16.3. The molecule has 2 aliphatic rings. The molecule has 0 unspecified atom stereocenters. The van der Waals surface area contributed by atoms with E-state index in [1.54, 1.807) is 10.7 Å². The van der Waals surface area contributed by atoms with Crippen LogP contribution in [-0.4, -0.2) is 55.7 Å². The number of carbonyl (C=O) groups is 2. The molecule has 0 radical (unpaired) electrons. The topological polar surface area (TPSA) is 121 Å². The molecule has 4 aromatic heterocycles. The van der Waals surface area contributed by atoms with E-state index < -0.39 is 0 Å². The van der Waals surface area contributed by atoms with E-state index in [-0.39, 0.29) is 17.4 Å². The molecule has 0 atom stereocenters. The van der Waals surface area contributed by atoms with Gasteiger partial charge in [-0.3, -0.25) is 9.48 Å². The van der Waals surface area contributed by atoms with Crippen molar-refractivity contribution < 1.29 is 9.59 Å². The summed E-state index contributed by atoms with van der Waals surface area (Å²) in [6, 6.07) is 8.95. The van der Waals surface area contributed by atoms with Gasteiger partial charge in [0.05, 0.1) is 34.9 Å². The second-order valence-electron chi connectivity index (χ2n) is 13.0. The van der Waals surface area contributed by atoms with E-state index in [1.165, 1.54) is 0 Å². The van der Waals surface area contributed by atoms with Crippen LogP contribution >= 0.6 is 0 Å². The molecule has 1 amide bonds. The van der Waals surface area contributed by atoms with Gasteiger partial charge in [0.2, 0.25) is 5.91 Å². The smallest absolute Gasteiger partial charge is 0.226 e. The average Bonchev–Trinajstić information content (AvgIpc) is 3.73. The third-order valence-electron chi connectivity index (χ3n) is 9.97. The second-order valence-corrected chi connectivity index (χ2v) is 13.0. The minimum Gasteiger partial charge on any atom is -0.357 e. The highest BCUT2D eigenvalue weighted by molar-refractivity contribution is 5.87. The number of aldehydes is 1. The molecule has 1 N–H and O–H groups in total. The zero-order valence-electron chi connectivity index (χ0n) is 26.4. The SMILES string of the molecule is CCC1(C(=O)NC(C)C)CCN(c2ccc(-c3cc(-c4cnn([C@H]5CC[C@H](CC=O)CC5)c4)cn4ncc(C#N)c34)cn2)CC1. The Balaban J connectivity index is 1.24. The van der Waals surface area contributed by atoms with Crippen LogP contribution in [0.4, 0.5) is 5.82 Å². The second kappa shape index (κ2) is 12.8. The lowest BCUT2D eigenvalue weighted by Gasteiger charge is -2.41. The van der Waals surface area contributed by atoms with Gasteiger partial charge in [-0.15, -0.1) is 0 Å². The summed E-state index contributed by atoms with van der Waals surface area (Å²) in [5.41, 5.74) is 4.67. The van der Waals surface area contributed by atoms with E-state index in [0.29, 0.717) is 23.9 Å². The van der Waals surface area contributed by atoms with Gasteiger partial charge in [0, 0.05) is 66.4 Å². The van der Waals surface area contributed by atoms with Crippen molar-refractivity contribution in [1.29, 1.82) is 5.26 Å². The summed E-state index contributed by atoms with van der Waals surface area (Å²) in [6.07, 6.45) is 17.7. The highest BCUT2D eigenvalue weighted by Gasteiger charge is 2.40. The number of piperidine rings is 1. The number of aromatic nitrogens is 5. The molecule has 10 heteroatoms. The maximum absolute atomic E-state index is 13.0. The first-order chi connectivity index (χ1) is 21.8. The lowest BCUT2D eigenvalue weighted by atomic mass is 9.75. The van der Waals surface area contributed by atoms with Crippen molar-refractivity contribution in [3.05, 3.63) is 54.7 Å². The van der Waals surface area contributed by atoms with Crippen LogP contribution in [0.2, 0.25) is 0 Å². The fraction of sp³-hybridized carbons (Fsp3) is 0.486. The lowest BCUT2D eigenvalue weighted by Crippen LogP contribution is -2.50. The van der Waals surface area contributed by atoms with Crippen LogP contribution in [-0.2, 0) is 9.59 Å². The predicted octanol–water partition coefficient (Wildman–Crippen LogP) is 5.97. The van der Waals surface area contributed by atoms with Crippen LogP contribution in [0, 0.1) is 22.7 Å². The summed E-state index contributed by atoms with van der Waals surface area (Å²) < 4.78 is 3.84. The Morgan fingerprint density at radius 2 is 1.84 bits per heavy atom. The largest absolute Gasteiger partial charge is 0.357 e. The van der Waals surface area contributed by atoms with Crippen molar-refractivity contribution in [2.45, 2.75) is 84.2 Å². The molecule has 0 spiro atoms. The highest BCUT2D eigenvalue weighted by Crippen LogP contribution is 2.38. The Hall–Kier alpha value is -4.52. The number of carbonyl (C=O) groups excluding carboxylic acids is 2. The van der Waals surface area contributed by atoms with Crippen molar-refractivity contribution in [2.24, 2.45) is 11.3 Å². The monoisotopic (exact) mass is 606 g/mol. The van der Waals surface area contributed by atoms with Crippen LogP contribution in [0.1, 0.15) is 83.7 Å². The molecule has 1 aliphatic carbocycles. The Kier molecular flexibility index (Phi) is 8.70. The molecule has 0 bridgehead atoms. The number of anilines is 1. The minimum atomic E-state index is -0.327. The predicted molar refractivity (Wildman–Crippen MR) is 173 cm³/mol. The number of amides is 1. The van der Waals surface area contributed by atoms with Crippen molar-refractivity contribution >= 4 is 23.5 Å². The van der Waals surface area contributed by atoms with Gasteiger partial charge in [0.1, 0.15) is 18.2 Å². The number of nitrogens with zero attached hydrogens (tertiary/aromatic N) is 7. The van der Waals surface area contributed by atoms with E-state index in [2.05, 4.69) is 51.3 Å². The molecule has 0 aromatic carbocycles. The number of nitrogens with one attached hydrogen (secondary N) is 1. The Morgan fingerprint density at radius 3 is 2.49 bits per heavy atom. The maximum atomic E-state index is 13.0. The minimum absolute atomic E-state index is 0.131. The van der Waals surface area contributed by atoms with Gasteiger partial charge in [-0.1, -0.05) is 6.92 Å².